The number of carboxylic acids is 1. The zero-order valence-electron chi connectivity index (χ0n) is 8.58. The van der Waals surface area contributed by atoms with Gasteiger partial charge in [0.2, 0.25) is 0 Å². The molecule has 1 rings (SSSR count). The first-order chi connectivity index (χ1) is 7.54. The predicted molar refractivity (Wildman–Crippen MR) is 60.0 cm³/mol. The van der Waals surface area contributed by atoms with Crippen molar-refractivity contribution in [1.29, 1.82) is 0 Å². The second kappa shape index (κ2) is 5.63. The van der Waals surface area contributed by atoms with Gasteiger partial charge >= 0.3 is 5.97 Å². The summed E-state index contributed by atoms with van der Waals surface area (Å²) in [6.45, 7) is 0. The molecule has 5 heteroatoms. The molecule has 0 saturated carbocycles. The number of hydrogen-bond acceptors (Lipinski definition) is 2. The highest BCUT2D eigenvalue weighted by Crippen LogP contribution is 2.21. The normalized spacial score (nSPS) is 12.9. The monoisotopic (exact) mass is 243 g/mol. The molecule has 16 heavy (non-hydrogen) atoms. The molecular formula is C11H11ClFNO2. The number of likely N-dealkylation sites (N-methyl/N-ethyl adjacent to an activating group) is 1. The number of nitrogens with one attached hydrogen (secondary N) is 1. The summed E-state index contributed by atoms with van der Waals surface area (Å²) in [4.78, 5) is 10.4. The van der Waals surface area contributed by atoms with Crippen LogP contribution in [0.25, 0.3) is 0 Å². The van der Waals surface area contributed by atoms with E-state index in [4.69, 9.17) is 16.7 Å². The van der Waals surface area contributed by atoms with Gasteiger partial charge in [-0.25, -0.2) is 9.18 Å². The van der Waals surface area contributed by atoms with E-state index < -0.39 is 11.8 Å². The molecule has 0 aromatic heterocycles. The van der Waals surface area contributed by atoms with Gasteiger partial charge in [0.15, 0.2) is 0 Å². The smallest absolute Gasteiger partial charge is 0.328 e. The van der Waals surface area contributed by atoms with Crippen molar-refractivity contribution in [3.8, 4) is 0 Å². The molecule has 0 radical (unpaired) electrons. The Bertz CT molecular complexity index is 420. The first-order valence-electron chi connectivity index (χ1n) is 4.58. The summed E-state index contributed by atoms with van der Waals surface area (Å²) >= 11 is 5.63. The van der Waals surface area contributed by atoms with E-state index >= 15 is 0 Å². The van der Waals surface area contributed by atoms with E-state index in [1.807, 2.05) is 0 Å². The summed E-state index contributed by atoms with van der Waals surface area (Å²) in [5.41, 5.74) is 0.700. The van der Waals surface area contributed by atoms with E-state index in [1.54, 1.807) is 13.1 Å². The Morgan fingerprint density at radius 1 is 1.62 bits per heavy atom. The van der Waals surface area contributed by atoms with Crippen LogP contribution < -0.4 is 5.32 Å². The lowest BCUT2D eigenvalue weighted by Crippen LogP contribution is -2.14. The number of aliphatic carboxylic acids is 1. The molecule has 3 nitrogen and oxygen atoms in total. The molecule has 0 aliphatic rings. The Morgan fingerprint density at radius 2 is 2.31 bits per heavy atom. The Labute approximate surface area is 97.5 Å². The summed E-state index contributed by atoms with van der Waals surface area (Å²) in [6, 6.07) is 3.95. The van der Waals surface area contributed by atoms with Gasteiger partial charge in [0.1, 0.15) is 5.82 Å². The van der Waals surface area contributed by atoms with Gasteiger partial charge in [-0.15, -0.1) is 0 Å². The second-order valence-electron chi connectivity index (χ2n) is 3.14. The van der Waals surface area contributed by atoms with Crippen molar-refractivity contribution in [3.63, 3.8) is 0 Å². The van der Waals surface area contributed by atoms with Gasteiger partial charge in [-0.05, 0) is 24.7 Å². The fraction of sp³-hybridized carbons (Fsp3) is 0.182. The van der Waals surface area contributed by atoms with Crippen molar-refractivity contribution in [2.24, 2.45) is 0 Å². The number of carboxylic acid groups (broad SMARTS) is 1. The van der Waals surface area contributed by atoms with Gasteiger partial charge in [-0.1, -0.05) is 23.7 Å². The molecule has 86 valence electrons. The van der Waals surface area contributed by atoms with E-state index in [0.29, 0.717) is 5.56 Å². The summed E-state index contributed by atoms with van der Waals surface area (Å²) in [7, 11) is 1.67. The molecule has 0 bridgehead atoms. The minimum atomic E-state index is -1.03. The Hall–Kier alpha value is -1.39. The fourth-order valence-electron chi connectivity index (χ4n) is 1.26. The van der Waals surface area contributed by atoms with E-state index in [0.717, 1.165) is 6.08 Å². The van der Waals surface area contributed by atoms with E-state index in [9.17, 15) is 9.18 Å². The van der Waals surface area contributed by atoms with E-state index in [1.165, 1.54) is 18.2 Å². The molecule has 0 fully saturated rings. The minimum Gasteiger partial charge on any atom is -0.478 e. The summed E-state index contributed by atoms with van der Waals surface area (Å²) < 4.78 is 12.9. The van der Waals surface area contributed by atoms with Crippen molar-refractivity contribution >= 4 is 17.6 Å². The van der Waals surface area contributed by atoms with Crippen molar-refractivity contribution < 1.29 is 14.3 Å². The molecule has 1 atom stereocenters. The molecule has 0 heterocycles. The maximum absolute atomic E-state index is 12.9. The largest absolute Gasteiger partial charge is 0.478 e. The zero-order chi connectivity index (χ0) is 12.1. The quantitative estimate of drug-likeness (QED) is 0.799. The molecule has 0 amide bonds. The van der Waals surface area contributed by atoms with Crippen LogP contribution in [0.2, 0.25) is 5.02 Å². The molecule has 1 aromatic rings. The van der Waals surface area contributed by atoms with Crippen molar-refractivity contribution in [2.75, 3.05) is 7.05 Å². The minimum absolute atomic E-state index is 0.0153. The Morgan fingerprint density at radius 3 is 2.81 bits per heavy atom. The lowest BCUT2D eigenvalue weighted by atomic mass is 10.1. The molecule has 0 spiro atoms. The molecule has 0 saturated heterocycles. The van der Waals surface area contributed by atoms with Crippen LogP contribution in [0.15, 0.2) is 30.4 Å². The van der Waals surface area contributed by atoms with Crippen LogP contribution in [-0.2, 0) is 4.79 Å². The SMILES string of the molecule is CNC(/C=C/C(=O)O)c1ccc(F)c(Cl)c1. The van der Waals surface area contributed by atoms with Gasteiger partial charge in [0.25, 0.3) is 0 Å². The second-order valence-corrected chi connectivity index (χ2v) is 3.54. The van der Waals surface area contributed by atoms with Gasteiger partial charge in [-0.3, -0.25) is 0 Å². The van der Waals surface area contributed by atoms with Crippen LogP contribution in [0.5, 0.6) is 0 Å². The molecule has 1 aromatic carbocycles. The van der Waals surface area contributed by atoms with Crippen molar-refractivity contribution in [2.45, 2.75) is 6.04 Å². The Balaban J connectivity index is 2.95. The molecule has 0 aliphatic heterocycles. The maximum Gasteiger partial charge on any atom is 0.328 e. The number of rotatable bonds is 4. The predicted octanol–water partition coefficient (Wildman–Crippen LogP) is 2.38. The van der Waals surface area contributed by atoms with E-state index in [2.05, 4.69) is 5.32 Å². The van der Waals surface area contributed by atoms with Gasteiger partial charge < -0.3 is 10.4 Å². The average Bonchev–Trinajstić information content (AvgIpc) is 2.23. The van der Waals surface area contributed by atoms with E-state index in [-0.39, 0.29) is 11.1 Å². The highest BCUT2D eigenvalue weighted by Gasteiger charge is 2.08. The van der Waals surface area contributed by atoms with Crippen LogP contribution in [0, 0.1) is 5.82 Å². The number of carbonyl (C=O) groups is 1. The lowest BCUT2D eigenvalue weighted by molar-refractivity contribution is -0.131. The Kier molecular flexibility index (Phi) is 4.46. The van der Waals surface area contributed by atoms with Crippen LogP contribution in [0.4, 0.5) is 4.39 Å². The first kappa shape index (κ1) is 12.7. The summed E-state index contributed by atoms with van der Waals surface area (Å²) in [5, 5.41) is 11.4. The van der Waals surface area contributed by atoms with Gasteiger partial charge in [-0.2, -0.15) is 0 Å². The number of hydrogen-bond donors (Lipinski definition) is 2. The van der Waals surface area contributed by atoms with Crippen LogP contribution >= 0.6 is 11.6 Å². The van der Waals surface area contributed by atoms with Crippen molar-refractivity contribution in [1.82, 2.24) is 5.32 Å². The zero-order valence-corrected chi connectivity index (χ0v) is 9.33. The highest BCUT2D eigenvalue weighted by molar-refractivity contribution is 6.30. The van der Waals surface area contributed by atoms with Gasteiger partial charge in [0, 0.05) is 6.08 Å². The maximum atomic E-state index is 12.9. The molecule has 1 unspecified atom stereocenters. The average molecular weight is 244 g/mol. The van der Waals surface area contributed by atoms with Crippen molar-refractivity contribution in [3.05, 3.63) is 46.8 Å². The molecule has 0 aliphatic carbocycles. The van der Waals surface area contributed by atoms with Crippen LogP contribution in [0.1, 0.15) is 11.6 Å². The molecular weight excluding hydrogens is 233 g/mol. The van der Waals surface area contributed by atoms with Crippen LogP contribution in [-0.4, -0.2) is 18.1 Å². The van der Waals surface area contributed by atoms with Crippen LogP contribution in [0.3, 0.4) is 0 Å². The highest BCUT2D eigenvalue weighted by atomic mass is 35.5. The number of benzene rings is 1. The third kappa shape index (κ3) is 3.32. The molecule has 2 N–H and O–H groups in total. The fourth-order valence-corrected chi connectivity index (χ4v) is 1.45. The standard InChI is InChI=1S/C11H11ClFNO2/c1-14-10(4-5-11(15)16)7-2-3-9(13)8(12)6-7/h2-6,10,14H,1H3,(H,15,16)/b5-4+. The topological polar surface area (TPSA) is 49.3 Å². The number of halogens is 2. The summed E-state index contributed by atoms with van der Waals surface area (Å²) in [5.74, 6) is -1.53. The lowest BCUT2D eigenvalue weighted by Gasteiger charge is -2.12. The summed E-state index contributed by atoms with van der Waals surface area (Å²) in [6.07, 6.45) is 2.49. The third-order valence-corrected chi connectivity index (χ3v) is 2.33. The third-order valence-electron chi connectivity index (χ3n) is 2.05. The first-order valence-corrected chi connectivity index (χ1v) is 4.95. The van der Waals surface area contributed by atoms with Gasteiger partial charge in [0.05, 0.1) is 11.1 Å².